The smallest absolute Gasteiger partial charge is 0.0917 e. The molecule has 0 saturated carbocycles. The molecule has 1 aromatic carbocycles. The Morgan fingerprint density at radius 1 is 1.54 bits per heavy atom. The van der Waals surface area contributed by atoms with Crippen LogP contribution in [0.2, 0.25) is 0 Å². The van der Waals surface area contributed by atoms with Crippen molar-refractivity contribution in [3.63, 3.8) is 0 Å². The Balaban J connectivity index is 2.91. The van der Waals surface area contributed by atoms with E-state index >= 15 is 0 Å². The molecule has 13 heavy (non-hydrogen) atoms. The van der Waals surface area contributed by atoms with Crippen molar-refractivity contribution < 1.29 is 5.11 Å². The highest BCUT2D eigenvalue weighted by atomic mass is 79.9. The maximum absolute atomic E-state index is 9.74. The SMILES string of the molecule is CNCC(O)c1cc(Br)ccc1C. The Morgan fingerprint density at radius 3 is 2.85 bits per heavy atom. The van der Waals surface area contributed by atoms with E-state index in [1.165, 1.54) is 0 Å². The molecule has 0 fully saturated rings. The summed E-state index contributed by atoms with van der Waals surface area (Å²) < 4.78 is 1.00. The largest absolute Gasteiger partial charge is 0.387 e. The van der Waals surface area contributed by atoms with E-state index in [1.807, 2.05) is 32.2 Å². The van der Waals surface area contributed by atoms with Gasteiger partial charge in [-0.1, -0.05) is 22.0 Å². The van der Waals surface area contributed by atoms with E-state index < -0.39 is 6.10 Å². The van der Waals surface area contributed by atoms with E-state index in [9.17, 15) is 5.11 Å². The Bertz CT molecular complexity index is 288. The lowest BCUT2D eigenvalue weighted by Gasteiger charge is -2.13. The first-order valence-electron chi connectivity index (χ1n) is 4.24. The molecule has 1 aromatic rings. The summed E-state index contributed by atoms with van der Waals surface area (Å²) in [5, 5.41) is 12.7. The summed E-state index contributed by atoms with van der Waals surface area (Å²) in [7, 11) is 1.83. The van der Waals surface area contributed by atoms with Crippen molar-refractivity contribution in [2.75, 3.05) is 13.6 Å². The lowest BCUT2D eigenvalue weighted by molar-refractivity contribution is 0.177. The second-order valence-electron chi connectivity index (χ2n) is 3.07. The van der Waals surface area contributed by atoms with Crippen molar-refractivity contribution in [3.05, 3.63) is 33.8 Å². The predicted molar refractivity (Wildman–Crippen MR) is 57.8 cm³/mol. The molecule has 1 rings (SSSR count). The molecule has 0 radical (unpaired) electrons. The van der Waals surface area contributed by atoms with Crippen molar-refractivity contribution in [1.29, 1.82) is 0 Å². The topological polar surface area (TPSA) is 32.3 Å². The van der Waals surface area contributed by atoms with E-state index in [2.05, 4.69) is 21.2 Å². The minimum absolute atomic E-state index is 0.428. The van der Waals surface area contributed by atoms with Gasteiger partial charge in [-0.05, 0) is 37.2 Å². The Labute approximate surface area is 87.1 Å². The van der Waals surface area contributed by atoms with Crippen molar-refractivity contribution >= 4 is 15.9 Å². The third-order valence-electron chi connectivity index (χ3n) is 2.00. The van der Waals surface area contributed by atoms with Crippen LogP contribution in [0.3, 0.4) is 0 Å². The number of hydrogen-bond acceptors (Lipinski definition) is 2. The lowest BCUT2D eigenvalue weighted by atomic mass is 10.0. The molecule has 0 heterocycles. The second kappa shape index (κ2) is 4.74. The van der Waals surface area contributed by atoms with E-state index in [4.69, 9.17) is 0 Å². The van der Waals surface area contributed by atoms with Crippen LogP contribution in [0.4, 0.5) is 0 Å². The number of rotatable bonds is 3. The van der Waals surface area contributed by atoms with Crippen molar-refractivity contribution in [1.82, 2.24) is 5.32 Å². The second-order valence-corrected chi connectivity index (χ2v) is 3.99. The molecule has 0 aliphatic rings. The first-order valence-corrected chi connectivity index (χ1v) is 5.03. The highest BCUT2D eigenvalue weighted by Crippen LogP contribution is 2.21. The minimum atomic E-state index is -0.428. The van der Waals surface area contributed by atoms with Crippen molar-refractivity contribution in [2.24, 2.45) is 0 Å². The van der Waals surface area contributed by atoms with Gasteiger partial charge in [-0.2, -0.15) is 0 Å². The maximum atomic E-state index is 9.74. The van der Waals surface area contributed by atoms with Gasteiger partial charge in [-0.25, -0.2) is 0 Å². The fourth-order valence-electron chi connectivity index (χ4n) is 1.27. The average Bonchev–Trinajstić information content (AvgIpc) is 2.09. The van der Waals surface area contributed by atoms with Gasteiger partial charge in [0.05, 0.1) is 6.10 Å². The molecule has 0 amide bonds. The van der Waals surface area contributed by atoms with Crippen molar-refractivity contribution in [3.8, 4) is 0 Å². The molecular weight excluding hydrogens is 230 g/mol. The fourth-order valence-corrected chi connectivity index (χ4v) is 1.65. The van der Waals surface area contributed by atoms with Gasteiger partial charge in [0.25, 0.3) is 0 Å². The molecule has 0 bridgehead atoms. The highest BCUT2D eigenvalue weighted by Gasteiger charge is 2.09. The van der Waals surface area contributed by atoms with Crippen LogP contribution in [0.15, 0.2) is 22.7 Å². The minimum Gasteiger partial charge on any atom is -0.387 e. The van der Waals surface area contributed by atoms with E-state index in [0.29, 0.717) is 6.54 Å². The van der Waals surface area contributed by atoms with Crippen LogP contribution in [0.5, 0.6) is 0 Å². The normalized spacial score (nSPS) is 12.9. The van der Waals surface area contributed by atoms with Crippen LogP contribution in [-0.2, 0) is 0 Å². The maximum Gasteiger partial charge on any atom is 0.0917 e. The molecule has 2 nitrogen and oxygen atoms in total. The number of benzene rings is 1. The summed E-state index contributed by atoms with van der Waals surface area (Å²) in [5.41, 5.74) is 2.09. The van der Waals surface area contributed by atoms with Crippen molar-refractivity contribution in [2.45, 2.75) is 13.0 Å². The molecule has 72 valence electrons. The zero-order valence-corrected chi connectivity index (χ0v) is 9.43. The zero-order valence-electron chi connectivity index (χ0n) is 7.84. The highest BCUT2D eigenvalue weighted by molar-refractivity contribution is 9.10. The monoisotopic (exact) mass is 243 g/mol. The van der Waals surface area contributed by atoms with Gasteiger partial charge in [0.1, 0.15) is 0 Å². The summed E-state index contributed by atoms with van der Waals surface area (Å²) in [6.07, 6.45) is -0.428. The van der Waals surface area contributed by atoms with Crippen LogP contribution < -0.4 is 5.32 Å². The number of likely N-dealkylation sites (N-methyl/N-ethyl adjacent to an activating group) is 1. The van der Waals surface area contributed by atoms with Crippen LogP contribution >= 0.6 is 15.9 Å². The Hall–Kier alpha value is -0.380. The molecule has 2 N–H and O–H groups in total. The van der Waals surface area contributed by atoms with Gasteiger partial charge < -0.3 is 10.4 Å². The summed E-state index contributed by atoms with van der Waals surface area (Å²) in [6.45, 7) is 2.58. The third-order valence-corrected chi connectivity index (χ3v) is 2.49. The van der Waals surface area contributed by atoms with E-state index in [-0.39, 0.29) is 0 Å². The third kappa shape index (κ3) is 2.79. The van der Waals surface area contributed by atoms with Crippen LogP contribution in [0.1, 0.15) is 17.2 Å². The average molecular weight is 244 g/mol. The number of halogens is 1. The molecule has 1 unspecified atom stereocenters. The number of aryl methyl sites for hydroxylation is 1. The van der Waals surface area contributed by atoms with Gasteiger partial charge in [-0.3, -0.25) is 0 Å². The van der Waals surface area contributed by atoms with Gasteiger partial charge in [0.15, 0.2) is 0 Å². The lowest BCUT2D eigenvalue weighted by Crippen LogP contribution is -2.17. The van der Waals surface area contributed by atoms with E-state index in [0.717, 1.165) is 15.6 Å². The summed E-state index contributed by atoms with van der Waals surface area (Å²) in [6, 6.07) is 5.93. The van der Waals surface area contributed by atoms with Crippen LogP contribution in [-0.4, -0.2) is 18.7 Å². The molecular formula is C10H14BrNO. The summed E-state index contributed by atoms with van der Waals surface area (Å²) in [5.74, 6) is 0. The fraction of sp³-hybridized carbons (Fsp3) is 0.400. The first-order chi connectivity index (χ1) is 6.15. The molecule has 0 aliphatic carbocycles. The molecule has 0 spiro atoms. The first kappa shape index (κ1) is 10.7. The zero-order chi connectivity index (χ0) is 9.84. The Kier molecular flexibility index (Phi) is 3.90. The van der Waals surface area contributed by atoms with Crippen LogP contribution in [0, 0.1) is 6.92 Å². The summed E-state index contributed by atoms with van der Waals surface area (Å²) >= 11 is 3.38. The Morgan fingerprint density at radius 2 is 2.23 bits per heavy atom. The van der Waals surface area contributed by atoms with Gasteiger partial charge >= 0.3 is 0 Å². The summed E-state index contributed by atoms with van der Waals surface area (Å²) in [4.78, 5) is 0. The van der Waals surface area contributed by atoms with Gasteiger partial charge in [0.2, 0.25) is 0 Å². The number of aliphatic hydroxyl groups excluding tert-OH is 1. The molecule has 0 aromatic heterocycles. The van der Waals surface area contributed by atoms with Gasteiger partial charge in [0, 0.05) is 11.0 Å². The molecule has 1 atom stereocenters. The quantitative estimate of drug-likeness (QED) is 0.852. The molecule has 0 saturated heterocycles. The number of aliphatic hydroxyl groups is 1. The van der Waals surface area contributed by atoms with Crippen LogP contribution in [0.25, 0.3) is 0 Å². The molecule has 0 aliphatic heterocycles. The predicted octanol–water partition coefficient (Wildman–Crippen LogP) is 2.01. The molecule has 3 heteroatoms. The number of hydrogen-bond donors (Lipinski definition) is 2. The number of nitrogens with one attached hydrogen (secondary N) is 1. The van der Waals surface area contributed by atoms with E-state index in [1.54, 1.807) is 0 Å². The standard InChI is InChI=1S/C10H14BrNO/c1-7-3-4-8(11)5-9(7)10(13)6-12-2/h3-5,10,12-13H,6H2,1-2H3. The van der Waals surface area contributed by atoms with Gasteiger partial charge in [-0.15, -0.1) is 0 Å².